The second-order valence-electron chi connectivity index (χ2n) is 4.43. The van der Waals surface area contributed by atoms with Crippen LogP contribution in [-0.2, 0) is 0 Å². The van der Waals surface area contributed by atoms with Gasteiger partial charge < -0.3 is 10.6 Å². The fraction of sp³-hybridized carbons (Fsp3) is 0. The van der Waals surface area contributed by atoms with Gasteiger partial charge in [-0.15, -0.1) is 0 Å². The Bertz CT molecular complexity index is 739. The van der Waals surface area contributed by atoms with Crippen molar-refractivity contribution >= 4 is 34.5 Å². The molecule has 0 fully saturated rings. The lowest BCUT2D eigenvalue weighted by atomic mass is 10.3. The van der Waals surface area contributed by atoms with Crippen LogP contribution in [-0.4, -0.2) is 10.2 Å². The summed E-state index contributed by atoms with van der Waals surface area (Å²) in [6.07, 6.45) is 1.66. The molecular formula is C15H12ClFN4. The maximum atomic E-state index is 12.9. The van der Waals surface area contributed by atoms with Gasteiger partial charge in [-0.25, -0.2) is 4.39 Å². The standard InChI is InChI=1S/C15H12ClFN4/c16-10-2-1-3-13(8-10)19-14-9-18-21-15(14)20-12-6-4-11(17)5-7-12/h1-9,19H,(H2,18,20,21). The number of hydrogen-bond acceptors (Lipinski definition) is 3. The average molecular weight is 303 g/mol. The number of rotatable bonds is 4. The van der Waals surface area contributed by atoms with E-state index >= 15 is 0 Å². The first-order valence-corrected chi connectivity index (χ1v) is 6.67. The van der Waals surface area contributed by atoms with Crippen molar-refractivity contribution in [2.45, 2.75) is 0 Å². The predicted molar refractivity (Wildman–Crippen MR) is 83.0 cm³/mol. The van der Waals surface area contributed by atoms with Gasteiger partial charge in [0.1, 0.15) is 17.3 Å². The molecule has 4 nitrogen and oxygen atoms in total. The summed E-state index contributed by atoms with van der Waals surface area (Å²) in [6, 6.07) is 13.5. The van der Waals surface area contributed by atoms with Crippen LogP contribution in [0.25, 0.3) is 0 Å². The summed E-state index contributed by atoms with van der Waals surface area (Å²) < 4.78 is 12.9. The fourth-order valence-electron chi connectivity index (χ4n) is 1.88. The molecule has 0 bridgehead atoms. The molecule has 1 heterocycles. The molecule has 106 valence electrons. The molecule has 0 saturated carbocycles. The van der Waals surface area contributed by atoms with Crippen LogP contribution in [0.3, 0.4) is 0 Å². The van der Waals surface area contributed by atoms with Gasteiger partial charge in [-0.3, -0.25) is 5.10 Å². The van der Waals surface area contributed by atoms with E-state index in [0.29, 0.717) is 10.8 Å². The number of hydrogen-bond donors (Lipinski definition) is 3. The van der Waals surface area contributed by atoms with Gasteiger partial charge in [-0.1, -0.05) is 17.7 Å². The Balaban J connectivity index is 1.79. The minimum absolute atomic E-state index is 0.276. The molecule has 0 unspecified atom stereocenters. The van der Waals surface area contributed by atoms with Crippen molar-refractivity contribution in [1.82, 2.24) is 10.2 Å². The van der Waals surface area contributed by atoms with E-state index in [2.05, 4.69) is 20.8 Å². The Kier molecular flexibility index (Phi) is 3.75. The summed E-state index contributed by atoms with van der Waals surface area (Å²) >= 11 is 5.95. The Morgan fingerprint density at radius 3 is 2.57 bits per heavy atom. The molecule has 1 aromatic heterocycles. The van der Waals surface area contributed by atoms with E-state index in [1.807, 2.05) is 18.2 Å². The van der Waals surface area contributed by atoms with E-state index in [9.17, 15) is 4.39 Å². The largest absolute Gasteiger partial charge is 0.351 e. The van der Waals surface area contributed by atoms with Crippen molar-refractivity contribution in [3.8, 4) is 0 Å². The number of halogens is 2. The summed E-state index contributed by atoms with van der Waals surface area (Å²) in [5.74, 6) is 0.407. The second kappa shape index (κ2) is 5.85. The van der Waals surface area contributed by atoms with Crippen LogP contribution in [0.1, 0.15) is 0 Å². The van der Waals surface area contributed by atoms with Crippen LogP contribution in [0.5, 0.6) is 0 Å². The van der Waals surface area contributed by atoms with Crippen LogP contribution in [0.15, 0.2) is 54.7 Å². The van der Waals surface area contributed by atoms with E-state index in [1.165, 1.54) is 12.1 Å². The summed E-state index contributed by atoms with van der Waals surface area (Å²) in [5.41, 5.74) is 2.38. The second-order valence-corrected chi connectivity index (χ2v) is 4.86. The van der Waals surface area contributed by atoms with Gasteiger partial charge in [0.25, 0.3) is 0 Å². The van der Waals surface area contributed by atoms with Crippen molar-refractivity contribution < 1.29 is 4.39 Å². The number of H-pyrrole nitrogens is 1. The number of benzene rings is 2. The Labute approximate surface area is 126 Å². The lowest BCUT2D eigenvalue weighted by molar-refractivity contribution is 0.628. The van der Waals surface area contributed by atoms with Gasteiger partial charge in [0, 0.05) is 16.4 Å². The van der Waals surface area contributed by atoms with Crippen molar-refractivity contribution in [1.29, 1.82) is 0 Å². The van der Waals surface area contributed by atoms with Gasteiger partial charge in [0.15, 0.2) is 0 Å². The molecule has 0 aliphatic carbocycles. The van der Waals surface area contributed by atoms with Crippen LogP contribution >= 0.6 is 11.6 Å². The van der Waals surface area contributed by atoms with Crippen LogP contribution in [0, 0.1) is 5.82 Å². The molecular weight excluding hydrogens is 291 g/mol. The van der Waals surface area contributed by atoms with Crippen molar-refractivity contribution in [2.75, 3.05) is 10.6 Å². The molecule has 3 N–H and O–H groups in total. The Morgan fingerprint density at radius 1 is 1.00 bits per heavy atom. The minimum Gasteiger partial charge on any atom is -0.351 e. The van der Waals surface area contributed by atoms with Gasteiger partial charge >= 0.3 is 0 Å². The molecule has 0 amide bonds. The zero-order valence-electron chi connectivity index (χ0n) is 10.9. The zero-order chi connectivity index (χ0) is 14.7. The highest BCUT2D eigenvalue weighted by molar-refractivity contribution is 6.30. The average Bonchev–Trinajstić information content (AvgIpc) is 2.89. The van der Waals surface area contributed by atoms with E-state index < -0.39 is 0 Å². The molecule has 0 atom stereocenters. The number of aromatic amines is 1. The minimum atomic E-state index is -0.276. The molecule has 0 saturated heterocycles. The molecule has 2 aromatic carbocycles. The summed E-state index contributed by atoms with van der Waals surface area (Å²) in [7, 11) is 0. The molecule has 0 spiro atoms. The van der Waals surface area contributed by atoms with Crippen molar-refractivity contribution in [3.63, 3.8) is 0 Å². The van der Waals surface area contributed by atoms with Crippen molar-refractivity contribution in [2.24, 2.45) is 0 Å². The molecule has 0 aliphatic rings. The summed E-state index contributed by atoms with van der Waals surface area (Å²) in [6.45, 7) is 0. The van der Waals surface area contributed by atoms with E-state index in [4.69, 9.17) is 11.6 Å². The monoisotopic (exact) mass is 302 g/mol. The third-order valence-corrected chi connectivity index (χ3v) is 3.09. The lowest BCUT2D eigenvalue weighted by Gasteiger charge is -2.09. The first-order valence-electron chi connectivity index (χ1n) is 6.29. The van der Waals surface area contributed by atoms with Gasteiger partial charge in [-0.05, 0) is 42.5 Å². The highest BCUT2D eigenvalue weighted by Gasteiger charge is 2.06. The highest BCUT2D eigenvalue weighted by atomic mass is 35.5. The third kappa shape index (κ3) is 3.32. The number of nitrogens with one attached hydrogen (secondary N) is 3. The molecule has 0 radical (unpaired) electrons. The van der Waals surface area contributed by atoms with Gasteiger partial charge in [-0.2, -0.15) is 5.10 Å². The zero-order valence-corrected chi connectivity index (χ0v) is 11.7. The van der Waals surface area contributed by atoms with Crippen LogP contribution < -0.4 is 10.6 Å². The quantitative estimate of drug-likeness (QED) is 0.655. The van der Waals surface area contributed by atoms with E-state index in [0.717, 1.165) is 17.1 Å². The maximum absolute atomic E-state index is 12.9. The van der Waals surface area contributed by atoms with Gasteiger partial charge in [0.05, 0.1) is 6.20 Å². The molecule has 3 aromatic rings. The fourth-order valence-corrected chi connectivity index (χ4v) is 2.07. The normalized spacial score (nSPS) is 10.4. The molecule has 3 rings (SSSR count). The lowest BCUT2D eigenvalue weighted by Crippen LogP contribution is -1.96. The van der Waals surface area contributed by atoms with E-state index in [1.54, 1.807) is 24.4 Å². The number of aromatic nitrogens is 2. The predicted octanol–water partition coefficient (Wildman–Crippen LogP) is 4.69. The molecule has 21 heavy (non-hydrogen) atoms. The van der Waals surface area contributed by atoms with Crippen LogP contribution in [0.4, 0.5) is 27.3 Å². The van der Waals surface area contributed by atoms with E-state index in [-0.39, 0.29) is 5.82 Å². The maximum Gasteiger partial charge on any atom is 0.150 e. The van der Waals surface area contributed by atoms with Crippen molar-refractivity contribution in [3.05, 3.63) is 65.6 Å². The Hall–Kier alpha value is -2.53. The molecule has 6 heteroatoms. The third-order valence-electron chi connectivity index (χ3n) is 2.86. The summed E-state index contributed by atoms with van der Waals surface area (Å²) in [4.78, 5) is 0. The highest BCUT2D eigenvalue weighted by Crippen LogP contribution is 2.27. The number of nitrogens with zero attached hydrogens (tertiary/aromatic N) is 1. The first kappa shape index (κ1) is 13.5. The number of anilines is 4. The summed E-state index contributed by atoms with van der Waals surface area (Å²) in [5, 5.41) is 13.8. The Morgan fingerprint density at radius 2 is 1.81 bits per heavy atom. The SMILES string of the molecule is Fc1ccc(Nc2[nH]ncc2Nc2cccc(Cl)c2)cc1. The van der Waals surface area contributed by atoms with Crippen LogP contribution in [0.2, 0.25) is 5.02 Å². The first-order chi connectivity index (χ1) is 10.2. The smallest absolute Gasteiger partial charge is 0.150 e. The molecule has 0 aliphatic heterocycles. The van der Waals surface area contributed by atoms with Gasteiger partial charge in [0.2, 0.25) is 0 Å². The topological polar surface area (TPSA) is 52.7 Å².